The first-order chi connectivity index (χ1) is 5.54. The fraction of sp³-hybridized carbons (Fsp3) is 0.833. The largest absolute Gasteiger partial charge is 0.394 e. The van der Waals surface area contributed by atoms with Gasteiger partial charge in [-0.15, -0.1) is 0 Å². The summed E-state index contributed by atoms with van der Waals surface area (Å²) < 4.78 is 0. The molecule has 0 rings (SSSR count). The second kappa shape index (κ2) is 5.18. The molecule has 0 unspecified atom stereocenters. The normalized spacial score (nSPS) is 21.1. The van der Waals surface area contributed by atoms with Crippen LogP contribution in [-0.2, 0) is 4.79 Å². The monoisotopic (exact) mass is 184 g/mol. The third-order valence-corrected chi connectivity index (χ3v) is 1.42. The van der Waals surface area contributed by atoms with E-state index in [2.05, 4.69) is 0 Å². The molecule has 0 heterocycles. The van der Waals surface area contributed by atoms with Crippen LogP contribution >= 0.6 is 0 Å². The maximum atomic E-state index is 9.90. The van der Waals surface area contributed by atoms with Crippen LogP contribution in [0.15, 0.2) is 0 Å². The van der Waals surface area contributed by atoms with Gasteiger partial charge in [0.1, 0.15) is 24.4 Å². The number of hydrogen-bond donors (Lipinski definition) is 5. The Balaban J connectivity index is 4.07. The van der Waals surface area contributed by atoms with Crippen LogP contribution in [0, 0.1) is 0 Å². The van der Waals surface area contributed by atoms with E-state index in [9.17, 15) is 4.79 Å². The van der Waals surface area contributed by atoms with Gasteiger partial charge in [0.2, 0.25) is 0 Å². The average molecular weight is 184 g/mol. The second-order valence-electron chi connectivity index (χ2n) is 2.36. The molecule has 72 valence electrons. The molecule has 0 aromatic carbocycles. The molecule has 0 saturated carbocycles. The Morgan fingerprint density at radius 1 is 1.08 bits per heavy atom. The summed E-state index contributed by atoms with van der Waals surface area (Å²) in [5.41, 5.74) is 0. The third kappa shape index (κ3) is 2.84. The third-order valence-electron chi connectivity index (χ3n) is 1.42. The van der Waals surface area contributed by atoms with Gasteiger partial charge in [-0.05, 0) is 0 Å². The Hall–Kier alpha value is -0.530. The van der Waals surface area contributed by atoms with Crippen molar-refractivity contribution in [2.24, 2.45) is 0 Å². The first kappa shape index (κ1) is 11.5. The van der Waals surface area contributed by atoms with Gasteiger partial charge < -0.3 is 30.3 Å². The number of aliphatic hydroxyl groups is 5. The zero-order chi connectivity index (χ0) is 9.72. The van der Waals surface area contributed by atoms with E-state index in [1.807, 2.05) is 0 Å². The number of carbonyl (C=O) groups excluding carboxylic acids is 1. The SMILES string of the molecule is O=[13CH][13C@H](O)[C@@H](O)[C@H](O)[13C@H](O)[13CH2]O. The molecule has 0 aliphatic rings. The predicted molar refractivity (Wildman–Crippen MR) is 37.2 cm³/mol. The van der Waals surface area contributed by atoms with Crippen LogP contribution < -0.4 is 0 Å². The van der Waals surface area contributed by atoms with E-state index in [4.69, 9.17) is 25.5 Å². The Labute approximate surface area is 68.7 Å². The zero-order valence-electron chi connectivity index (χ0n) is 6.24. The lowest BCUT2D eigenvalue weighted by atomic mass is 10.4. The minimum Gasteiger partial charge on any atom is -0.394 e. The number of rotatable bonds is 5. The van der Waals surface area contributed by atoms with Crippen molar-refractivity contribution in [2.75, 3.05) is 6.61 Å². The summed E-state index contributed by atoms with van der Waals surface area (Å²) in [7, 11) is 0. The smallest absolute Gasteiger partial charge is 0.151 e. The summed E-state index contributed by atoms with van der Waals surface area (Å²) in [4.78, 5) is 9.90. The standard InChI is InChI=1S/C6H12O6/c7-1-3(9)5(11)6(12)4(10)2-8/h1,3-6,8-12H,2H2/t3-,4+,5+,6+/m0/s1/i1+1,2+1,3+1,4+1. The average Bonchev–Trinajstić information content (AvgIpc) is 2.12. The highest BCUT2D eigenvalue weighted by Crippen LogP contribution is 2.02. The molecule has 0 spiro atoms. The molecule has 0 saturated heterocycles. The van der Waals surface area contributed by atoms with E-state index >= 15 is 0 Å². The number of hydrogen-bond acceptors (Lipinski definition) is 6. The van der Waals surface area contributed by atoms with Crippen molar-refractivity contribution in [1.29, 1.82) is 0 Å². The Bertz CT molecular complexity index is 138. The van der Waals surface area contributed by atoms with Crippen molar-refractivity contribution in [1.82, 2.24) is 0 Å². The number of carbonyl (C=O) groups is 1. The Morgan fingerprint density at radius 3 is 1.92 bits per heavy atom. The van der Waals surface area contributed by atoms with Crippen LogP contribution in [0.1, 0.15) is 0 Å². The quantitative estimate of drug-likeness (QED) is 0.225. The molecule has 0 radical (unpaired) electrons. The van der Waals surface area contributed by atoms with Gasteiger partial charge in [0.05, 0.1) is 6.61 Å². The Morgan fingerprint density at radius 2 is 1.58 bits per heavy atom. The van der Waals surface area contributed by atoms with Crippen LogP contribution in [-0.4, -0.2) is 62.8 Å². The summed E-state index contributed by atoms with van der Waals surface area (Å²) in [5, 5.41) is 43.5. The number of aldehydes is 1. The van der Waals surface area contributed by atoms with E-state index in [1.165, 1.54) is 0 Å². The van der Waals surface area contributed by atoms with Gasteiger partial charge in [-0.25, -0.2) is 0 Å². The van der Waals surface area contributed by atoms with E-state index in [0.717, 1.165) is 0 Å². The first-order valence-corrected chi connectivity index (χ1v) is 3.33. The summed E-state index contributed by atoms with van der Waals surface area (Å²) >= 11 is 0. The van der Waals surface area contributed by atoms with Crippen molar-refractivity contribution in [3.63, 3.8) is 0 Å². The highest BCUT2D eigenvalue weighted by Gasteiger charge is 2.29. The minimum atomic E-state index is -1.79. The molecule has 6 heteroatoms. The lowest BCUT2D eigenvalue weighted by Gasteiger charge is -2.22. The number of aliphatic hydroxyl groups excluding tert-OH is 5. The molecular weight excluding hydrogens is 172 g/mol. The maximum absolute atomic E-state index is 9.90. The highest BCUT2D eigenvalue weighted by molar-refractivity contribution is 5.56. The maximum Gasteiger partial charge on any atom is 0.151 e. The molecule has 0 aliphatic carbocycles. The topological polar surface area (TPSA) is 118 Å². The van der Waals surface area contributed by atoms with Crippen molar-refractivity contribution in [3.8, 4) is 0 Å². The van der Waals surface area contributed by atoms with Gasteiger partial charge in [0.25, 0.3) is 0 Å². The molecule has 0 fully saturated rings. The van der Waals surface area contributed by atoms with Crippen molar-refractivity contribution >= 4 is 6.29 Å². The molecule has 0 bridgehead atoms. The zero-order valence-corrected chi connectivity index (χ0v) is 6.24. The molecule has 4 atom stereocenters. The lowest BCUT2D eigenvalue weighted by molar-refractivity contribution is -0.136. The second-order valence-corrected chi connectivity index (χ2v) is 2.36. The van der Waals surface area contributed by atoms with Gasteiger partial charge in [-0.2, -0.15) is 0 Å². The van der Waals surface area contributed by atoms with E-state index in [0.29, 0.717) is 0 Å². The molecule has 0 amide bonds. The first-order valence-electron chi connectivity index (χ1n) is 3.33. The summed E-state index contributed by atoms with van der Waals surface area (Å²) in [6, 6.07) is 0. The molecule has 12 heavy (non-hydrogen) atoms. The Kier molecular flexibility index (Phi) is 4.95. The van der Waals surface area contributed by atoms with Gasteiger partial charge in [-0.3, -0.25) is 0 Å². The highest BCUT2D eigenvalue weighted by atomic mass is 16.5. The van der Waals surface area contributed by atoms with E-state index in [-0.39, 0.29) is 6.29 Å². The fourth-order valence-corrected chi connectivity index (χ4v) is 0.618. The minimum absolute atomic E-state index is 0.0258. The molecule has 0 aliphatic heterocycles. The molecule has 5 N–H and O–H groups in total. The molecule has 0 aromatic heterocycles. The van der Waals surface area contributed by atoms with Gasteiger partial charge in [0, 0.05) is 0 Å². The van der Waals surface area contributed by atoms with Crippen LogP contribution in [0.5, 0.6) is 0 Å². The lowest BCUT2D eigenvalue weighted by Crippen LogP contribution is -2.46. The van der Waals surface area contributed by atoms with Crippen molar-refractivity contribution in [2.45, 2.75) is 24.4 Å². The van der Waals surface area contributed by atoms with Crippen LogP contribution in [0.25, 0.3) is 0 Å². The summed E-state index contributed by atoms with van der Waals surface area (Å²) in [6.07, 6.45) is -6.84. The van der Waals surface area contributed by atoms with Gasteiger partial charge in [-0.1, -0.05) is 0 Å². The molecule has 0 aromatic rings. The van der Waals surface area contributed by atoms with E-state index < -0.39 is 31.0 Å². The van der Waals surface area contributed by atoms with Crippen LogP contribution in [0.3, 0.4) is 0 Å². The van der Waals surface area contributed by atoms with E-state index in [1.54, 1.807) is 0 Å². The van der Waals surface area contributed by atoms with Crippen LogP contribution in [0.4, 0.5) is 0 Å². The summed E-state index contributed by atoms with van der Waals surface area (Å²) in [6.45, 7) is -0.760. The molecule has 6 nitrogen and oxygen atoms in total. The van der Waals surface area contributed by atoms with Gasteiger partial charge in [0.15, 0.2) is 6.29 Å². The van der Waals surface area contributed by atoms with Crippen molar-refractivity contribution in [3.05, 3.63) is 0 Å². The van der Waals surface area contributed by atoms with Crippen molar-refractivity contribution < 1.29 is 30.3 Å². The fourth-order valence-electron chi connectivity index (χ4n) is 0.618. The van der Waals surface area contributed by atoms with Gasteiger partial charge >= 0.3 is 0 Å². The van der Waals surface area contributed by atoms with Crippen LogP contribution in [0.2, 0.25) is 0 Å². The molecular formula is C6H12O6. The summed E-state index contributed by atoms with van der Waals surface area (Å²) in [5.74, 6) is 0. The predicted octanol–water partition coefficient (Wildman–Crippen LogP) is -3.38.